The third-order valence-electron chi connectivity index (χ3n) is 3.76. The summed E-state index contributed by atoms with van der Waals surface area (Å²) in [5.41, 5.74) is 1.78. The summed E-state index contributed by atoms with van der Waals surface area (Å²) in [5.74, 6) is 0.432. The van der Waals surface area contributed by atoms with Gasteiger partial charge in [-0.25, -0.2) is 0 Å². The van der Waals surface area contributed by atoms with E-state index in [1.807, 2.05) is 30.3 Å². The quantitative estimate of drug-likeness (QED) is 0.713. The second-order valence-electron chi connectivity index (χ2n) is 5.68. The van der Waals surface area contributed by atoms with Crippen LogP contribution in [0.5, 0.6) is 5.75 Å². The SMILES string of the molecule is N#C[C@H](NC(=O)Cn1cccn1)c1ccc(OCc2ccccc2)cc1. The van der Waals surface area contributed by atoms with Crippen LogP contribution in [0.2, 0.25) is 0 Å². The normalized spacial score (nSPS) is 11.3. The van der Waals surface area contributed by atoms with Gasteiger partial charge in [0.1, 0.15) is 24.9 Å². The number of ether oxygens (including phenoxy) is 1. The molecule has 0 bridgehead atoms. The van der Waals surface area contributed by atoms with Gasteiger partial charge in [0.25, 0.3) is 0 Å². The van der Waals surface area contributed by atoms with Crippen molar-refractivity contribution in [3.8, 4) is 11.8 Å². The zero-order chi connectivity index (χ0) is 18.2. The van der Waals surface area contributed by atoms with Gasteiger partial charge in [-0.05, 0) is 29.3 Å². The number of carbonyl (C=O) groups excluding carboxylic acids is 1. The fourth-order valence-corrected chi connectivity index (χ4v) is 2.44. The number of nitriles is 1. The fraction of sp³-hybridized carbons (Fsp3) is 0.150. The Hall–Kier alpha value is -3.59. The van der Waals surface area contributed by atoms with E-state index in [4.69, 9.17) is 4.74 Å². The molecule has 0 saturated heterocycles. The van der Waals surface area contributed by atoms with Crippen LogP contribution in [-0.4, -0.2) is 15.7 Å². The molecule has 0 saturated carbocycles. The minimum atomic E-state index is -0.721. The summed E-state index contributed by atoms with van der Waals surface area (Å²) in [6.07, 6.45) is 3.29. The first kappa shape index (κ1) is 17.2. The van der Waals surface area contributed by atoms with E-state index in [1.54, 1.807) is 42.7 Å². The van der Waals surface area contributed by atoms with Crippen LogP contribution in [-0.2, 0) is 17.9 Å². The Bertz CT molecular complexity index is 868. The van der Waals surface area contributed by atoms with Crippen LogP contribution in [0, 0.1) is 11.3 Å². The number of nitrogens with one attached hydrogen (secondary N) is 1. The van der Waals surface area contributed by atoms with E-state index in [-0.39, 0.29) is 12.5 Å². The summed E-state index contributed by atoms with van der Waals surface area (Å²) < 4.78 is 7.23. The monoisotopic (exact) mass is 346 g/mol. The van der Waals surface area contributed by atoms with Crippen molar-refractivity contribution in [2.45, 2.75) is 19.2 Å². The maximum atomic E-state index is 12.0. The predicted molar refractivity (Wildman–Crippen MR) is 95.9 cm³/mol. The molecule has 3 aromatic rings. The van der Waals surface area contributed by atoms with Crippen LogP contribution in [0.1, 0.15) is 17.2 Å². The molecule has 0 unspecified atom stereocenters. The molecule has 0 aliphatic heterocycles. The summed E-state index contributed by atoms with van der Waals surface area (Å²) in [7, 11) is 0. The maximum Gasteiger partial charge on any atom is 0.243 e. The number of aromatic nitrogens is 2. The second-order valence-corrected chi connectivity index (χ2v) is 5.68. The van der Waals surface area contributed by atoms with E-state index in [0.29, 0.717) is 17.9 Å². The number of carbonyl (C=O) groups is 1. The molecule has 130 valence electrons. The van der Waals surface area contributed by atoms with Crippen molar-refractivity contribution in [1.29, 1.82) is 5.26 Å². The van der Waals surface area contributed by atoms with Gasteiger partial charge in [-0.1, -0.05) is 42.5 Å². The largest absolute Gasteiger partial charge is 0.489 e. The zero-order valence-electron chi connectivity index (χ0n) is 14.1. The van der Waals surface area contributed by atoms with Gasteiger partial charge in [0.2, 0.25) is 5.91 Å². The van der Waals surface area contributed by atoms with E-state index in [2.05, 4.69) is 16.5 Å². The summed E-state index contributed by atoms with van der Waals surface area (Å²) in [6, 6.07) is 20.1. The Morgan fingerprint density at radius 1 is 1.15 bits per heavy atom. The summed E-state index contributed by atoms with van der Waals surface area (Å²) in [5, 5.41) is 16.0. The highest BCUT2D eigenvalue weighted by Gasteiger charge is 2.14. The molecule has 1 atom stereocenters. The first-order valence-corrected chi connectivity index (χ1v) is 8.18. The Labute approximate surface area is 151 Å². The third-order valence-corrected chi connectivity index (χ3v) is 3.76. The number of rotatable bonds is 7. The van der Waals surface area contributed by atoms with Crippen LogP contribution in [0.3, 0.4) is 0 Å². The molecule has 0 fully saturated rings. The van der Waals surface area contributed by atoms with E-state index >= 15 is 0 Å². The highest BCUT2D eigenvalue weighted by molar-refractivity contribution is 5.76. The highest BCUT2D eigenvalue weighted by Crippen LogP contribution is 2.18. The van der Waals surface area contributed by atoms with Gasteiger partial charge >= 0.3 is 0 Å². The van der Waals surface area contributed by atoms with Crippen LogP contribution in [0.15, 0.2) is 73.1 Å². The lowest BCUT2D eigenvalue weighted by molar-refractivity contribution is -0.122. The molecule has 0 aliphatic carbocycles. The van der Waals surface area contributed by atoms with Gasteiger partial charge in [0, 0.05) is 12.4 Å². The van der Waals surface area contributed by atoms with Crippen molar-refractivity contribution >= 4 is 5.91 Å². The van der Waals surface area contributed by atoms with Crippen molar-refractivity contribution in [3.05, 3.63) is 84.2 Å². The van der Waals surface area contributed by atoms with Crippen molar-refractivity contribution in [2.75, 3.05) is 0 Å². The molecule has 0 radical (unpaired) electrons. The van der Waals surface area contributed by atoms with Crippen molar-refractivity contribution in [1.82, 2.24) is 15.1 Å². The molecule has 1 N–H and O–H groups in total. The molecule has 2 aromatic carbocycles. The molecular weight excluding hydrogens is 328 g/mol. The Kier molecular flexibility index (Phi) is 5.63. The molecule has 0 aliphatic rings. The van der Waals surface area contributed by atoms with Crippen molar-refractivity contribution in [2.24, 2.45) is 0 Å². The second kappa shape index (κ2) is 8.49. The molecule has 6 nitrogen and oxygen atoms in total. The number of benzene rings is 2. The van der Waals surface area contributed by atoms with E-state index in [0.717, 1.165) is 5.56 Å². The molecule has 3 rings (SSSR count). The van der Waals surface area contributed by atoms with Crippen molar-refractivity contribution in [3.63, 3.8) is 0 Å². The smallest absolute Gasteiger partial charge is 0.243 e. The number of hydrogen-bond acceptors (Lipinski definition) is 4. The predicted octanol–water partition coefficient (Wildman–Crippen LogP) is 2.84. The first-order valence-electron chi connectivity index (χ1n) is 8.18. The average molecular weight is 346 g/mol. The van der Waals surface area contributed by atoms with Crippen LogP contribution >= 0.6 is 0 Å². The molecule has 1 aromatic heterocycles. The lowest BCUT2D eigenvalue weighted by atomic mass is 10.1. The van der Waals surface area contributed by atoms with Crippen LogP contribution in [0.25, 0.3) is 0 Å². The Balaban J connectivity index is 1.57. The Morgan fingerprint density at radius 3 is 2.58 bits per heavy atom. The summed E-state index contributed by atoms with van der Waals surface area (Å²) in [4.78, 5) is 12.0. The van der Waals surface area contributed by atoms with Gasteiger partial charge in [0.05, 0.1) is 6.07 Å². The van der Waals surface area contributed by atoms with E-state index in [9.17, 15) is 10.1 Å². The molecule has 0 spiro atoms. The summed E-state index contributed by atoms with van der Waals surface area (Å²) in [6.45, 7) is 0.548. The summed E-state index contributed by atoms with van der Waals surface area (Å²) >= 11 is 0. The molecule has 6 heteroatoms. The maximum absolute atomic E-state index is 12.0. The molecule has 1 amide bonds. The topological polar surface area (TPSA) is 79.9 Å². The number of hydrogen-bond donors (Lipinski definition) is 1. The fourth-order valence-electron chi connectivity index (χ4n) is 2.44. The highest BCUT2D eigenvalue weighted by atomic mass is 16.5. The van der Waals surface area contributed by atoms with Crippen LogP contribution < -0.4 is 10.1 Å². The lowest BCUT2D eigenvalue weighted by Gasteiger charge is -2.13. The van der Waals surface area contributed by atoms with Gasteiger partial charge in [0.15, 0.2) is 0 Å². The van der Waals surface area contributed by atoms with Crippen molar-refractivity contribution < 1.29 is 9.53 Å². The number of nitrogens with zero attached hydrogens (tertiary/aromatic N) is 3. The van der Waals surface area contributed by atoms with Gasteiger partial charge in [-0.2, -0.15) is 10.4 Å². The average Bonchev–Trinajstić information content (AvgIpc) is 3.19. The standard InChI is InChI=1S/C20H18N4O2/c21-13-19(23-20(25)14-24-12-4-11-22-24)17-7-9-18(10-8-17)26-15-16-5-2-1-3-6-16/h1-12,19H,14-15H2,(H,23,25)/t19-/m0/s1. The van der Waals surface area contributed by atoms with Gasteiger partial charge < -0.3 is 10.1 Å². The number of amides is 1. The van der Waals surface area contributed by atoms with E-state index < -0.39 is 6.04 Å². The van der Waals surface area contributed by atoms with Gasteiger partial charge in [-0.3, -0.25) is 9.48 Å². The molecule has 26 heavy (non-hydrogen) atoms. The zero-order valence-corrected chi connectivity index (χ0v) is 14.1. The van der Waals surface area contributed by atoms with Crippen LogP contribution in [0.4, 0.5) is 0 Å². The van der Waals surface area contributed by atoms with Gasteiger partial charge in [-0.15, -0.1) is 0 Å². The Morgan fingerprint density at radius 2 is 1.92 bits per heavy atom. The molecule has 1 heterocycles. The molecular formula is C20H18N4O2. The minimum Gasteiger partial charge on any atom is -0.489 e. The first-order chi connectivity index (χ1) is 12.7. The lowest BCUT2D eigenvalue weighted by Crippen LogP contribution is -2.31. The third kappa shape index (κ3) is 4.71. The van der Waals surface area contributed by atoms with E-state index in [1.165, 1.54) is 4.68 Å². The minimum absolute atomic E-state index is 0.0729.